The molecule has 0 atom stereocenters. The molecule has 0 saturated carbocycles. The van der Waals surface area contributed by atoms with Crippen molar-refractivity contribution < 1.29 is 14.3 Å². The van der Waals surface area contributed by atoms with Crippen LogP contribution in [0.4, 0.5) is 4.39 Å². The van der Waals surface area contributed by atoms with Crippen LogP contribution in [0.25, 0.3) is 0 Å². The third kappa shape index (κ3) is 3.00. The van der Waals surface area contributed by atoms with E-state index in [-0.39, 0.29) is 16.4 Å². The van der Waals surface area contributed by atoms with Crippen LogP contribution >= 0.6 is 23.4 Å². The number of nitrogens with zero attached hydrogens (tertiary/aromatic N) is 1. The molecular weight excluding hydrogens is 277 g/mol. The van der Waals surface area contributed by atoms with Gasteiger partial charge in [0.05, 0.1) is 10.6 Å². The van der Waals surface area contributed by atoms with Crippen molar-refractivity contribution in [1.29, 1.82) is 0 Å². The normalized spacial score (nSPS) is 10.3. The zero-order valence-electron chi connectivity index (χ0n) is 8.93. The molecule has 0 amide bonds. The highest BCUT2D eigenvalue weighted by Crippen LogP contribution is 2.28. The summed E-state index contributed by atoms with van der Waals surface area (Å²) in [6.07, 6.45) is 1.29. The molecule has 0 aliphatic rings. The van der Waals surface area contributed by atoms with Gasteiger partial charge in [0, 0.05) is 11.1 Å². The van der Waals surface area contributed by atoms with Crippen LogP contribution in [0, 0.1) is 5.82 Å². The minimum absolute atomic E-state index is 0.00345. The summed E-state index contributed by atoms with van der Waals surface area (Å²) in [5.41, 5.74) is -0.00345. The third-order valence-electron chi connectivity index (χ3n) is 2.10. The molecule has 18 heavy (non-hydrogen) atoms. The molecule has 2 aromatic rings. The van der Waals surface area contributed by atoms with Gasteiger partial charge in [0.2, 0.25) is 0 Å². The van der Waals surface area contributed by atoms with E-state index in [0.29, 0.717) is 5.03 Å². The lowest BCUT2D eigenvalue weighted by molar-refractivity contribution is 0.0696. The molecule has 0 aliphatic carbocycles. The minimum atomic E-state index is -1.11. The smallest absolute Gasteiger partial charge is 0.337 e. The molecule has 0 bridgehead atoms. The lowest BCUT2D eigenvalue weighted by atomic mass is 10.3. The van der Waals surface area contributed by atoms with E-state index in [0.717, 1.165) is 4.90 Å². The molecule has 1 N–H and O–H groups in total. The van der Waals surface area contributed by atoms with Crippen molar-refractivity contribution in [2.45, 2.75) is 9.92 Å². The van der Waals surface area contributed by atoms with Crippen LogP contribution in [-0.2, 0) is 0 Å². The van der Waals surface area contributed by atoms with Crippen molar-refractivity contribution in [3.05, 3.63) is 52.9 Å². The molecule has 3 nitrogen and oxygen atoms in total. The predicted molar refractivity (Wildman–Crippen MR) is 66.7 cm³/mol. The summed E-state index contributed by atoms with van der Waals surface area (Å²) in [6.45, 7) is 0. The van der Waals surface area contributed by atoms with E-state index in [1.54, 1.807) is 12.1 Å². The molecule has 0 saturated heterocycles. The fraction of sp³-hybridized carbons (Fsp3) is 0. The molecule has 1 heterocycles. The highest BCUT2D eigenvalue weighted by molar-refractivity contribution is 7.99. The summed E-state index contributed by atoms with van der Waals surface area (Å²) < 4.78 is 12.7. The summed E-state index contributed by atoms with van der Waals surface area (Å²) in [5, 5.41) is 9.50. The van der Waals surface area contributed by atoms with Crippen LogP contribution in [0.15, 0.2) is 46.5 Å². The van der Waals surface area contributed by atoms with Crippen LogP contribution in [0.5, 0.6) is 0 Å². The van der Waals surface area contributed by atoms with E-state index in [2.05, 4.69) is 4.98 Å². The summed E-state index contributed by atoms with van der Waals surface area (Å²) in [4.78, 5) is 15.7. The van der Waals surface area contributed by atoms with E-state index >= 15 is 0 Å². The first-order valence-corrected chi connectivity index (χ1v) is 6.08. The number of carbonyl (C=O) groups is 1. The second kappa shape index (κ2) is 5.37. The number of pyridine rings is 1. The SMILES string of the molecule is O=C(O)c1cc(Sc2ccc(F)cc2)ncc1Cl. The molecule has 0 aliphatic heterocycles. The number of rotatable bonds is 3. The third-order valence-corrected chi connectivity index (χ3v) is 3.34. The van der Waals surface area contributed by atoms with E-state index in [1.807, 2.05) is 0 Å². The summed E-state index contributed by atoms with van der Waals surface area (Å²) >= 11 is 6.95. The van der Waals surface area contributed by atoms with Gasteiger partial charge in [-0.15, -0.1) is 0 Å². The zero-order chi connectivity index (χ0) is 13.1. The quantitative estimate of drug-likeness (QED) is 0.932. The molecule has 92 valence electrons. The van der Waals surface area contributed by atoms with Gasteiger partial charge in [-0.25, -0.2) is 14.2 Å². The van der Waals surface area contributed by atoms with Gasteiger partial charge in [0.25, 0.3) is 0 Å². The Bertz CT molecular complexity index is 589. The van der Waals surface area contributed by atoms with Crippen LogP contribution in [0.3, 0.4) is 0 Å². The van der Waals surface area contributed by atoms with Crippen LogP contribution in [0.2, 0.25) is 5.02 Å². The predicted octanol–water partition coefficient (Wildman–Crippen LogP) is 3.72. The Hall–Kier alpha value is -1.59. The standard InChI is InChI=1S/C12H7ClFNO2S/c13-10-6-15-11(5-9(10)12(16)17)18-8-3-1-7(14)2-4-8/h1-6H,(H,16,17). The molecule has 0 fully saturated rings. The number of halogens is 2. The largest absolute Gasteiger partial charge is 0.478 e. The first-order valence-electron chi connectivity index (χ1n) is 4.88. The fourth-order valence-corrected chi connectivity index (χ4v) is 2.24. The van der Waals surface area contributed by atoms with Gasteiger partial charge in [-0.1, -0.05) is 23.4 Å². The first kappa shape index (κ1) is 12.9. The summed E-state index contributed by atoms with van der Waals surface area (Å²) in [6, 6.07) is 7.23. The lowest BCUT2D eigenvalue weighted by Crippen LogP contribution is -1.98. The Labute approximate surface area is 112 Å². The van der Waals surface area contributed by atoms with Crippen molar-refractivity contribution in [2.24, 2.45) is 0 Å². The second-order valence-electron chi connectivity index (χ2n) is 3.36. The minimum Gasteiger partial charge on any atom is -0.478 e. The molecule has 0 unspecified atom stereocenters. The van der Waals surface area contributed by atoms with E-state index < -0.39 is 5.97 Å². The van der Waals surface area contributed by atoms with Crippen molar-refractivity contribution in [2.75, 3.05) is 0 Å². The number of carboxylic acids is 1. The Morgan fingerprint density at radius 1 is 1.33 bits per heavy atom. The maximum absolute atomic E-state index is 12.7. The lowest BCUT2D eigenvalue weighted by Gasteiger charge is -2.03. The molecule has 0 radical (unpaired) electrons. The van der Waals surface area contributed by atoms with Gasteiger partial charge in [0.1, 0.15) is 10.8 Å². The van der Waals surface area contributed by atoms with Gasteiger partial charge in [-0.2, -0.15) is 0 Å². The van der Waals surface area contributed by atoms with E-state index in [4.69, 9.17) is 16.7 Å². The number of hydrogen-bond acceptors (Lipinski definition) is 3. The Balaban J connectivity index is 2.27. The number of aromatic carboxylic acids is 1. The number of aromatic nitrogens is 1. The second-order valence-corrected chi connectivity index (χ2v) is 4.86. The first-order chi connectivity index (χ1) is 8.56. The van der Waals surface area contributed by atoms with Gasteiger partial charge in [-0.3, -0.25) is 0 Å². The molecule has 1 aromatic carbocycles. The van der Waals surface area contributed by atoms with Gasteiger partial charge >= 0.3 is 5.97 Å². The van der Waals surface area contributed by atoms with Crippen LogP contribution in [0.1, 0.15) is 10.4 Å². The maximum atomic E-state index is 12.7. The van der Waals surface area contributed by atoms with Gasteiger partial charge in [0.15, 0.2) is 0 Å². The molecule has 6 heteroatoms. The monoisotopic (exact) mass is 283 g/mol. The summed E-state index contributed by atoms with van der Waals surface area (Å²) in [5.74, 6) is -1.43. The van der Waals surface area contributed by atoms with Crippen molar-refractivity contribution >= 4 is 29.3 Å². The average Bonchev–Trinajstić information content (AvgIpc) is 2.34. The number of hydrogen-bond donors (Lipinski definition) is 1. The molecule has 2 rings (SSSR count). The van der Waals surface area contributed by atoms with E-state index in [9.17, 15) is 9.18 Å². The number of benzene rings is 1. The Kier molecular flexibility index (Phi) is 3.84. The van der Waals surface area contributed by atoms with Gasteiger partial charge < -0.3 is 5.11 Å². The van der Waals surface area contributed by atoms with Crippen molar-refractivity contribution in [1.82, 2.24) is 4.98 Å². The molecule has 1 aromatic heterocycles. The van der Waals surface area contributed by atoms with Gasteiger partial charge in [-0.05, 0) is 30.3 Å². The highest BCUT2D eigenvalue weighted by Gasteiger charge is 2.11. The number of carboxylic acid groups (broad SMARTS) is 1. The Morgan fingerprint density at radius 3 is 2.61 bits per heavy atom. The fourth-order valence-electron chi connectivity index (χ4n) is 1.26. The highest BCUT2D eigenvalue weighted by atomic mass is 35.5. The van der Waals surface area contributed by atoms with Crippen molar-refractivity contribution in [3.63, 3.8) is 0 Å². The zero-order valence-corrected chi connectivity index (χ0v) is 10.5. The van der Waals surface area contributed by atoms with Crippen LogP contribution in [-0.4, -0.2) is 16.1 Å². The van der Waals surface area contributed by atoms with Crippen molar-refractivity contribution in [3.8, 4) is 0 Å². The molecular formula is C12H7ClFNO2S. The summed E-state index contributed by atoms with van der Waals surface area (Å²) in [7, 11) is 0. The van der Waals surface area contributed by atoms with Crippen LogP contribution < -0.4 is 0 Å². The average molecular weight is 284 g/mol. The maximum Gasteiger partial charge on any atom is 0.337 e. The Morgan fingerprint density at radius 2 is 2.00 bits per heavy atom. The van der Waals surface area contributed by atoms with E-state index in [1.165, 1.54) is 36.2 Å². The molecule has 0 spiro atoms. The topological polar surface area (TPSA) is 50.2 Å².